The molecule has 0 spiro atoms. The van der Waals surface area contributed by atoms with Gasteiger partial charge in [0.25, 0.3) is 0 Å². The molecule has 0 aliphatic carbocycles. The molecule has 6 nitrogen and oxygen atoms in total. The number of halogens is 2. The van der Waals surface area contributed by atoms with Gasteiger partial charge in [0.05, 0.1) is 10.0 Å². The van der Waals surface area contributed by atoms with Crippen molar-refractivity contribution in [2.24, 2.45) is 11.7 Å². The molecule has 0 fully saturated rings. The molecule has 9 heteroatoms. The fourth-order valence-corrected chi connectivity index (χ4v) is 0.711. The molecule has 0 bridgehead atoms. The normalized spacial score (nSPS) is 9.20. The smallest absolute Gasteiger partial charge is 0.274 e. The maximum Gasteiger partial charge on any atom is 0.394 e. The van der Waals surface area contributed by atoms with Gasteiger partial charge in [-0.3, -0.25) is 20.8 Å². The summed E-state index contributed by atoms with van der Waals surface area (Å²) in [6, 6.07) is 7.19. The van der Waals surface area contributed by atoms with E-state index in [4.69, 9.17) is 40.7 Å². The van der Waals surface area contributed by atoms with Gasteiger partial charge in [0.2, 0.25) is 0 Å². The van der Waals surface area contributed by atoms with E-state index in [0.717, 1.165) is 0 Å². The summed E-state index contributed by atoms with van der Waals surface area (Å²) < 4.78 is 31.6. The highest BCUT2D eigenvalue weighted by Crippen LogP contribution is 2.19. The molecule has 88 valence electrons. The largest absolute Gasteiger partial charge is 0.394 e. The second kappa shape index (κ2) is 8.86. The molecule has 0 atom stereocenters. The quantitative estimate of drug-likeness (QED) is 0.320. The van der Waals surface area contributed by atoms with E-state index in [1.165, 1.54) is 0 Å². The Kier molecular flexibility index (Phi) is 10.0. The second-order valence-corrected chi connectivity index (χ2v) is 3.57. The van der Waals surface area contributed by atoms with Crippen LogP contribution in [0.4, 0.5) is 0 Å². The predicted molar refractivity (Wildman–Crippen MR) is 59.0 cm³/mol. The van der Waals surface area contributed by atoms with Gasteiger partial charge in [0.1, 0.15) is 0 Å². The van der Waals surface area contributed by atoms with Gasteiger partial charge < -0.3 is 0 Å². The summed E-state index contributed by atoms with van der Waals surface area (Å²) in [4.78, 5) is 0. The Labute approximate surface area is 97.3 Å². The SMILES string of the molecule is Clc1ccccc1Cl.NN.O=S(=O)(O)O. The number of hydrogen-bond donors (Lipinski definition) is 4. The van der Waals surface area contributed by atoms with Crippen LogP contribution in [0.15, 0.2) is 24.3 Å². The van der Waals surface area contributed by atoms with Crippen molar-refractivity contribution in [1.29, 1.82) is 0 Å². The molecule has 1 aromatic carbocycles. The molecule has 0 heterocycles. The van der Waals surface area contributed by atoms with E-state index in [0.29, 0.717) is 10.0 Å². The summed E-state index contributed by atoms with van der Waals surface area (Å²) in [6.45, 7) is 0. The Bertz CT molecular complexity index is 342. The summed E-state index contributed by atoms with van der Waals surface area (Å²) in [5.74, 6) is 8.00. The number of hydrazine groups is 1. The summed E-state index contributed by atoms with van der Waals surface area (Å²) in [7, 11) is -4.67. The van der Waals surface area contributed by atoms with Crippen molar-refractivity contribution in [3.63, 3.8) is 0 Å². The van der Waals surface area contributed by atoms with Gasteiger partial charge in [-0.25, -0.2) is 0 Å². The highest BCUT2D eigenvalue weighted by Gasteiger charge is 1.89. The molecular weight excluding hydrogens is 267 g/mol. The van der Waals surface area contributed by atoms with Gasteiger partial charge in [-0.05, 0) is 12.1 Å². The van der Waals surface area contributed by atoms with Gasteiger partial charge in [0.15, 0.2) is 0 Å². The topological polar surface area (TPSA) is 127 Å². The summed E-state index contributed by atoms with van der Waals surface area (Å²) in [5, 5.41) is 1.21. The van der Waals surface area contributed by atoms with Crippen LogP contribution in [0.2, 0.25) is 10.0 Å². The van der Waals surface area contributed by atoms with E-state index in [1.807, 2.05) is 12.1 Å². The van der Waals surface area contributed by atoms with E-state index in [-0.39, 0.29) is 0 Å². The molecule has 0 unspecified atom stereocenters. The fourth-order valence-electron chi connectivity index (χ4n) is 0.439. The van der Waals surface area contributed by atoms with Crippen LogP contribution in [0.3, 0.4) is 0 Å². The van der Waals surface area contributed by atoms with Crippen molar-refractivity contribution in [3.05, 3.63) is 34.3 Å². The first-order chi connectivity index (χ1) is 6.80. The highest BCUT2D eigenvalue weighted by molar-refractivity contribution is 7.79. The van der Waals surface area contributed by atoms with Crippen molar-refractivity contribution < 1.29 is 17.5 Å². The zero-order chi connectivity index (χ0) is 12.5. The minimum atomic E-state index is -4.67. The zero-order valence-corrected chi connectivity index (χ0v) is 9.67. The molecule has 0 aliphatic rings. The Hall–Kier alpha value is -0.410. The third-order valence-corrected chi connectivity index (χ3v) is 1.58. The van der Waals surface area contributed by atoms with Crippen LogP contribution in [-0.2, 0) is 10.4 Å². The first-order valence-corrected chi connectivity index (χ1v) is 5.39. The first kappa shape index (κ1) is 17.0. The molecule has 0 aliphatic heterocycles. The maximum atomic E-state index is 8.74. The predicted octanol–water partition coefficient (Wildman–Crippen LogP) is 1.16. The summed E-state index contributed by atoms with van der Waals surface area (Å²) in [6.07, 6.45) is 0. The Balaban J connectivity index is 0. The van der Waals surface area contributed by atoms with Crippen molar-refractivity contribution in [1.82, 2.24) is 0 Å². The van der Waals surface area contributed by atoms with Gasteiger partial charge in [-0.1, -0.05) is 35.3 Å². The third kappa shape index (κ3) is 16.3. The zero-order valence-electron chi connectivity index (χ0n) is 7.34. The lowest BCUT2D eigenvalue weighted by Gasteiger charge is -1.88. The Morgan fingerprint density at radius 1 is 1.00 bits per heavy atom. The second-order valence-electron chi connectivity index (χ2n) is 1.86. The van der Waals surface area contributed by atoms with Crippen LogP contribution >= 0.6 is 23.2 Å². The van der Waals surface area contributed by atoms with Crippen molar-refractivity contribution in [2.45, 2.75) is 0 Å². The van der Waals surface area contributed by atoms with Crippen LogP contribution in [0.25, 0.3) is 0 Å². The average Bonchev–Trinajstić information content (AvgIpc) is 2.11. The lowest BCUT2D eigenvalue weighted by atomic mass is 10.4. The van der Waals surface area contributed by atoms with Crippen molar-refractivity contribution >= 4 is 33.6 Å². The summed E-state index contributed by atoms with van der Waals surface area (Å²) >= 11 is 11.2. The van der Waals surface area contributed by atoms with Gasteiger partial charge >= 0.3 is 10.4 Å². The molecule has 0 saturated carbocycles. The highest BCUT2D eigenvalue weighted by atomic mass is 35.5. The van der Waals surface area contributed by atoms with Gasteiger partial charge in [0, 0.05) is 0 Å². The number of benzene rings is 1. The Morgan fingerprint density at radius 3 is 1.33 bits per heavy atom. The van der Waals surface area contributed by atoms with Gasteiger partial charge in [-0.15, -0.1) is 0 Å². The van der Waals surface area contributed by atoms with Crippen LogP contribution in [0.1, 0.15) is 0 Å². The van der Waals surface area contributed by atoms with Crippen molar-refractivity contribution in [2.75, 3.05) is 0 Å². The lowest BCUT2D eigenvalue weighted by molar-refractivity contribution is 0.381. The molecule has 0 amide bonds. The fraction of sp³-hybridized carbons (Fsp3) is 0. The van der Waals surface area contributed by atoms with E-state index >= 15 is 0 Å². The van der Waals surface area contributed by atoms with Gasteiger partial charge in [-0.2, -0.15) is 8.42 Å². The molecule has 0 saturated heterocycles. The molecular formula is C6H10Cl2N2O4S. The van der Waals surface area contributed by atoms with Crippen LogP contribution in [0, 0.1) is 0 Å². The average molecular weight is 277 g/mol. The summed E-state index contributed by atoms with van der Waals surface area (Å²) in [5.41, 5.74) is 0. The molecule has 0 aromatic heterocycles. The third-order valence-electron chi connectivity index (χ3n) is 0.824. The number of rotatable bonds is 0. The van der Waals surface area contributed by atoms with E-state index in [2.05, 4.69) is 11.7 Å². The van der Waals surface area contributed by atoms with Crippen LogP contribution in [0.5, 0.6) is 0 Å². The van der Waals surface area contributed by atoms with E-state index in [9.17, 15) is 0 Å². The van der Waals surface area contributed by atoms with E-state index in [1.54, 1.807) is 12.1 Å². The lowest BCUT2D eigenvalue weighted by Crippen LogP contribution is -2.02. The minimum absolute atomic E-state index is 0.606. The van der Waals surface area contributed by atoms with Crippen molar-refractivity contribution in [3.8, 4) is 0 Å². The molecule has 0 radical (unpaired) electrons. The Morgan fingerprint density at radius 2 is 1.20 bits per heavy atom. The van der Waals surface area contributed by atoms with Crippen LogP contribution in [-0.4, -0.2) is 17.5 Å². The monoisotopic (exact) mass is 276 g/mol. The molecule has 1 aromatic rings. The molecule has 15 heavy (non-hydrogen) atoms. The molecule has 1 rings (SSSR count). The van der Waals surface area contributed by atoms with Crippen LogP contribution < -0.4 is 11.7 Å². The first-order valence-electron chi connectivity index (χ1n) is 3.24. The number of nitrogens with two attached hydrogens (primary N) is 2. The number of hydrogen-bond acceptors (Lipinski definition) is 4. The minimum Gasteiger partial charge on any atom is -0.274 e. The molecule has 6 N–H and O–H groups in total. The maximum absolute atomic E-state index is 8.74. The standard InChI is InChI=1S/C6H4Cl2.H4N2.H2O4S/c7-5-3-1-2-4-6(5)8;1-2;1-5(2,3)4/h1-4H;1-2H2;(H2,1,2,3,4). The van der Waals surface area contributed by atoms with E-state index < -0.39 is 10.4 Å².